The molecule has 0 spiro atoms. The number of hydrogen-bond donors (Lipinski definition) is 2. The van der Waals surface area contributed by atoms with Crippen LogP contribution in [0.3, 0.4) is 0 Å². The Morgan fingerprint density at radius 3 is 2.86 bits per heavy atom. The summed E-state index contributed by atoms with van der Waals surface area (Å²) in [7, 11) is 0. The van der Waals surface area contributed by atoms with Gasteiger partial charge in [0.1, 0.15) is 5.15 Å². The lowest BCUT2D eigenvalue weighted by atomic mass is 10.3. The van der Waals surface area contributed by atoms with E-state index in [9.17, 15) is 9.59 Å². The predicted octanol–water partition coefficient (Wildman–Crippen LogP) is 1.08. The molecule has 2 N–H and O–H groups in total. The van der Waals surface area contributed by atoms with Crippen LogP contribution >= 0.6 is 11.6 Å². The number of nitrogens with one attached hydrogen (secondary N) is 2. The molecule has 0 atom stereocenters. The van der Waals surface area contributed by atoms with Crippen molar-refractivity contribution in [1.82, 2.24) is 19.9 Å². The van der Waals surface area contributed by atoms with E-state index in [1.165, 1.54) is 12.3 Å². The Labute approximate surface area is 126 Å². The van der Waals surface area contributed by atoms with Gasteiger partial charge in [-0.1, -0.05) is 11.6 Å². The average molecular weight is 308 g/mol. The van der Waals surface area contributed by atoms with E-state index in [0.717, 1.165) is 6.54 Å². The molecule has 0 aliphatic rings. The first-order chi connectivity index (χ1) is 10.1. The number of aryl methyl sites for hydroxylation is 1. The minimum Gasteiger partial charge on any atom is -0.348 e. The molecule has 0 aliphatic heterocycles. The molecule has 110 valence electrons. The molecule has 0 fully saturated rings. The summed E-state index contributed by atoms with van der Waals surface area (Å²) >= 11 is 5.69. The van der Waals surface area contributed by atoms with E-state index in [4.69, 9.17) is 11.6 Å². The summed E-state index contributed by atoms with van der Waals surface area (Å²) in [5, 5.41) is 5.24. The van der Waals surface area contributed by atoms with Crippen molar-refractivity contribution in [2.45, 2.75) is 13.0 Å². The van der Waals surface area contributed by atoms with E-state index in [1.807, 2.05) is 10.8 Å². The fraction of sp³-hybridized carbons (Fsp3) is 0.231. The molecule has 21 heavy (non-hydrogen) atoms. The zero-order valence-electron chi connectivity index (χ0n) is 11.1. The fourth-order valence-corrected chi connectivity index (χ4v) is 1.80. The van der Waals surface area contributed by atoms with Gasteiger partial charge in [-0.05, 0) is 18.6 Å². The summed E-state index contributed by atoms with van der Waals surface area (Å²) in [5.41, 5.74) is 0.425. The summed E-state index contributed by atoms with van der Waals surface area (Å²) in [6.07, 6.45) is 7.37. The second-order valence-corrected chi connectivity index (χ2v) is 4.62. The van der Waals surface area contributed by atoms with Crippen molar-refractivity contribution in [3.8, 4) is 0 Å². The molecule has 2 aromatic rings. The van der Waals surface area contributed by atoms with E-state index in [1.54, 1.807) is 18.6 Å². The van der Waals surface area contributed by atoms with E-state index in [2.05, 4.69) is 20.6 Å². The van der Waals surface area contributed by atoms with E-state index in [-0.39, 0.29) is 5.15 Å². The fourth-order valence-electron chi connectivity index (χ4n) is 1.63. The van der Waals surface area contributed by atoms with Gasteiger partial charge in [0.25, 0.3) is 0 Å². The quantitative estimate of drug-likeness (QED) is 0.491. The number of rotatable bonds is 5. The molecule has 2 heterocycles. The third-order valence-corrected chi connectivity index (χ3v) is 2.84. The molecular formula is C13H14ClN5O2. The van der Waals surface area contributed by atoms with E-state index in [0.29, 0.717) is 18.7 Å². The van der Waals surface area contributed by atoms with Gasteiger partial charge >= 0.3 is 11.8 Å². The Morgan fingerprint density at radius 2 is 2.14 bits per heavy atom. The molecule has 0 saturated heterocycles. The summed E-state index contributed by atoms with van der Waals surface area (Å²) in [6, 6.07) is 3.02. The van der Waals surface area contributed by atoms with Crippen molar-refractivity contribution in [2.75, 3.05) is 11.9 Å². The van der Waals surface area contributed by atoms with Crippen molar-refractivity contribution in [2.24, 2.45) is 0 Å². The van der Waals surface area contributed by atoms with Crippen LogP contribution < -0.4 is 10.6 Å². The highest BCUT2D eigenvalue weighted by Crippen LogP contribution is 2.11. The smallest absolute Gasteiger partial charge is 0.313 e. The zero-order valence-corrected chi connectivity index (χ0v) is 11.9. The highest BCUT2D eigenvalue weighted by Gasteiger charge is 2.13. The second-order valence-electron chi connectivity index (χ2n) is 4.23. The number of hydrogen-bond acceptors (Lipinski definition) is 4. The molecule has 2 aromatic heterocycles. The molecule has 0 aromatic carbocycles. The molecule has 0 unspecified atom stereocenters. The van der Waals surface area contributed by atoms with Gasteiger partial charge in [-0.2, -0.15) is 0 Å². The van der Waals surface area contributed by atoms with Gasteiger partial charge in [0.15, 0.2) is 0 Å². The Kier molecular flexibility index (Phi) is 5.28. The number of aromatic nitrogens is 3. The normalized spacial score (nSPS) is 10.1. The van der Waals surface area contributed by atoms with Crippen LogP contribution in [0.1, 0.15) is 6.42 Å². The predicted molar refractivity (Wildman–Crippen MR) is 77.7 cm³/mol. The molecule has 0 aliphatic carbocycles. The van der Waals surface area contributed by atoms with Crippen LogP contribution in [0.4, 0.5) is 5.69 Å². The van der Waals surface area contributed by atoms with Crippen molar-refractivity contribution < 1.29 is 9.59 Å². The number of anilines is 1. The summed E-state index contributed by atoms with van der Waals surface area (Å²) in [4.78, 5) is 30.9. The lowest BCUT2D eigenvalue weighted by Gasteiger charge is -2.07. The largest absolute Gasteiger partial charge is 0.348 e. The molecule has 0 saturated carbocycles. The maximum Gasteiger partial charge on any atom is 0.313 e. The van der Waals surface area contributed by atoms with Crippen LogP contribution in [0.2, 0.25) is 5.15 Å². The van der Waals surface area contributed by atoms with E-state index >= 15 is 0 Å². The maximum absolute atomic E-state index is 11.6. The van der Waals surface area contributed by atoms with Crippen LogP contribution in [0.15, 0.2) is 37.1 Å². The van der Waals surface area contributed by atoms with Gasteiger partial charge < -0.3 is 15.2 Å². The van der Waals surface area contributed by atoms with Gasteiger partial charge in [0.05, 0.1) is 6.33 Å². The van der Waals surface area contributed by atoms with Gasteiger partial charge in [-0.3, -0.25) is 9.59 Å². The van der Waals surface area contributed by atoms with Crippen molar-refractivity contribution in [3.63, 3.8) is 0 Å². The van der Waals surface area contributed by atoms with Crippen LogP contribution in [-0.4, -0.2) is 32.9 Å². The Morgan fingerprint density at radius 1 is 1.29 bits per heavy atom. The number of amides is 2. The molecule has 2 amide bonds. The third-order valence-electron chi connectivity index (χ3n) is 2.63. The molecule has 0 radical (unpaired) electrons. The summed E-state index contributed by atoms with van der Waals surface area (Å²) < 4.78 is 1.89. The monoisotopic (exact) mass is 307 g/mol. The number of carbonyl (C=O) groups excluding carboxylic acids is 2. The first-order valence-corrected chi connectivity index (χ1v) is 6.69. The molecule has 7 nitrogen and oxygen atoms in total. The van der Waals surface area contributed by atoms with Crippen LogP contribution in [0.5, 0.6) is 0 Å². The molecular weight excluding hydrogens is 294 g/mol. The summed E-state index contributed by atoms with van der Waals surface area (Å²) in [5.74, 6) is -1.42. The Balaban J connectivity index is 1.71. The standard InChI is InChI=1S/C13H14ClN5O2/c14-11-8-10(2-4-16-11)18-13(21)12(20)17-3-1-6-19-7-5-15-9-19/h2,4-5,7-9H,1,3,6H2,(H,17,20)(H,16,18,21). The average Bonchev–Trinajstić information content (AvgIpc) is 2.96. The van der Waals surface area contributed by atoms with Crippen LogP contribution in [-0.2, 0) is 16.1 Å². The first kappa shape index (κ1) is 15.0. The Bertz CT molecular complexity index is 615. The van der Waals surface area contributed by atoms with Crippen molar-refractivity contribution in [1.29, 1.82) is 0 Å². The SMILES string of the molecule is O=C(NCCCn1ccnc1)C(=O)Nc1ccnc(Cl)c1. The highest BCUT2D eigenvalue weighted by molar-refractivity contribution is 6.39. The molecule has 0 bridgehead atoms. The minimum absolute atomic E-state index is 0.244. The van der Waals surface area contributed by atoms with Crippen LogP contribution in [0, 0.1) is 0 Å². The van der Waals surface area contributed by atoms with Gasteiger partial charge in [0.2, 0.25) is 0 Å². The number of halogens is 1. The zero-order chi connectivity index (χ0) is 15.1. The van der Waals surface area contributed by atoms with Gasteiger partial charge in [-0.25, -0.2) is 9.97 Å². The first-order valence-electron chi connectivity index (χ1n) is 6.31. The lowest BCUT2D eigenvalue weighted by Crippen LogP contribution is -2.36. The molecule has 2 rings (SSSR count). The topological polar surface area (TPSA) is 88.9 Å². The third kappa shape index (κ3) is 4.88. The minimum atomic E-state index is -0.736. The van der Waals surface area contributed by atoms with Crippen molar-refractivity contribution >= 4 is 29.1 Å². The highest BCUT2D eigenvalue weighted by atomic mass is 35.5. The van der Waals surface area contributed by atoms with Crippen LogP contribution in [0.25, 0.3) is 0 Å². The van der Waals surface area contributed by atoms with Crippen molar-refractivity contribution in [3.05, 3.63) is 42.2 Å². The number of pyridine rings is 1. The van der Waals surface area contributed by atoms with E-state index < -0.39 is 11.8 Å². The lowest BCUT2D eigenvalue weighted by molar-refractivity contribution is -0.136. The number of nitrogens with zero attached hydrogens (tertiary/aromatic N) is 3. The van der Waals surface area contributed by atoms with Gasteiger partial charge in [0, 0.05) is 37.4 Å². The number of carbonyl (C=O) groups is 2. The number of imidazole rings is 1. The summed E-state index contributed by atoms with van der Waals surface area (Å²) in [6.45, 7) is 1.13. The Hall–Kier alpha value is -2.41. The van der Waals surface area contributed by atoms with Gasteiger partial charge in [-0.15, -0.1) is 0 Å². The molecule has 8 heteroatoms. The second kappa shape index (κ2) is 7.39. The maximum atomic E-state index is 11.6.